The number of ether oxygens (including phenoxy) is 1. The molecular weight excluding hydrogens is 378 g/mol. The van der Waals surface area contributed by atoms with E-state index in [4.69, 9.17) is 9.84 Å². The van der Waals surface area contributed by atoms with Crippen LogP contribution in [0.5, 0.6) is 0 Å². The van der Waals surface area contributed by atoms with Crippen LogP contribution in [0.1, 0.15) is 10.4 Å². The molecule has 22 heavy (non-hydrogen) atoms. The Morgan fingerprint density at radius 2 is 2.09 bits per heavy atom. The monoisotopic (exact) mass is 391 g/mol. The lowest BCUT2D eigenvalue weighted by molar-refractivity contribution is -0.154. The molecule has 1 aliphatic heterocycles. The van der Waals surface area contributed by atoms with E-state index in [2.05, 4.69) is 15.9 Å². The number of nitrogens with zero attached hydrogens (tertiary/aromatic N) is 1. The van der Waals surface area contributed by atoms with Crippen molar-refractivity contribution in [1.82, 2.24) is 4.90 Å². The highest BCUT2D eigenvalue weighted by Crippen LogP contribution is 2.23. The van der Waals surface area contributed by atoms with Crippen LogP contribution in [0.2, 0.25) is 0 Å². The van der Waals surface area contributed by atoms with E-state index in [0.29, 0.717) is 4.47 Å². The van der Waals surface area contributed by atoms with Gasteiger partial charge in [0.2, 0.25) is 0 Å². The molecule has 1 aromatic rings. The van der Waals surface area contributed by atoms with Gasteiger partial charge >= 0.3 is 5.97 Å². The average Bonchev–Trinajstić information content (AvgIpc) is 2.46. The lowest BCUT2D eigenvalue weighted by Gasteiger charge is -2.31. The van der Waals surface area contributed by atoms with Crippen molar-refractivity contribution >= 4 is 37.6 Å². The normalized spacial score (nSPS) is 19.0. The van der Waals surface area contributed by atoms with Crippen molar-refractivity contribution in [2.24, 2.45) is 0 Å². The Hall–Kier alpha value is -1.45. The van der Waals surface area contributed by atoms with Gasteiger partial charge in [0.1, 0.15) is 0 Å². The first-order valence-electron chi connectivity index (χ1n) is 6.33. The fourth-order valence-corrected chi connectivity index (χ4v) is 3.12. The minimum atomic E-state index is -3.44. The second-order valence-corrected chi connectivity index (χ2v) is 7.73. The van der Waals surface area contributed by atoms with Gasteiger partial charge in [-0.2, -0.15) is 0 Å². The number of rotatable bonds is 3. The Kier molecular flexibility index (Phi) is 4.88. The van der Waals surface area contributed by atoms with Crippen molar-refractivity contribution in [1.29, 1.82) is 0 Å². The molecule has 1 amide bonds. The third-order valence-electron chi connectivity index (χ3n) is 3.23. The molecule has 1 atom stereocenters. The third kappa shape index (κ3) is 3.65. The second-order valence-electron chi connectivity index (χ2n) is 4.86. The SMILES string of the molecule is CS(=O)(=O)c1ccc(Br)c(C(=O)N2CCOC(C(=O)O)C2)c1. The average molecular weight is 392 g/mol. The summed E-state index contributed by atoms with van der Waals surface area (Å²) >= 11 is 3.22. The Morgan fingerprint density at radius 1 is 1.41 bits per heavy atom. The first kappa shape index (κ1) is 16.9. The summed E-state index contributed by atoms with van der Waals surface area (Å²) in [6, 6.07) is 4.17. The topological polar surface area (TPSA) is 101 Å². The highest BCUT2D eigenvalue weighted by Gasteiger charge is 2.30. The maximum absolute atomic E-state index is 12.5. The van der Waals surface area contributed by atoms with E-state index in [1.165, 1.54) is 23.1 Å². The van der Waals surface area contributed by atoms with E-state index in [1.807, 2.05) is 0 Å². The predicted octanol–water partition coefficient (Wildman–Crippen LogP) is 0.778. The van der Waals surface area contributed by atoms with Crippen LogP contribution in [-0.4, -0.2) is 62.4 Å². The van der Waals surface area contributed by atoms with Gasteiger partial charge in [0, 0.05) is 17.3 Å². The summed E-state index contributed by atoms with van der Waals surface area (Å²) in [5.41, 5.74) is 0.175. The van der Waals surface area contributed by atoms with E-state index in [1.54, 1.807) is 0 Å². The van der Waals surface area contributed by atoms with Gasteiger partial charge in [-0.05, 0) is 34.1 Å². The molecule has 9 heteroatoms. The van der Waals surface area contributed by atoms with Gasteiger partial charge in [0.05, 0.1) is 23.6 Å². The molecule has 0 aliphatic carbocycles. The molecule has 0 spiro atoms. The van der Waals surface area contributed by atoms with E-state index < -0.39 is 27.8 Å². The number of benzene rings is 1. The summed E-state index contributed by atoms with van der Waals surface area (Å²) in [7, 11) is -3.44. The van der Waals surface area contributed by atoms with Crippen molar-refractivity contribution < 1.29 is 27.9 Å². The number of halogens is 1. The standard InChI is InChI=1S/C13H14BrNO6S/c1-22(19,20)8-2-3-10(14)9(6-8)12(16)15-4-5-21-11(7-15)13(17)18/h2-3,6,11H,4-5,7H2,1H3,(H,17,18). The molecule has 7 nitrogen and oxygen atoms in total. The van der Waals surface area contributed by atoms with Crippen molar-refractivity contribution in [3.8, 4) is 0 Å². The molecule has 1 aliphatic rings. The van der Waals surface area contributed by atoms with Gasteiger partial charge in [0.25, 0.3) is 5.91 Å². The Morgan fingerprint density at radius 3 is 2.68 bits per heavy atom. The van der Waals surface area contributed by atoms with Gasteiger partial charge in [-0.1, -0.05) is 0 Å². The Labute approximate surface area is 135 Å². The highest BCUT2D eigenvalue weighted by molar-refractivity contribution is 9.10. The number of amides is 1. The number of aliphatic carboxylic acids is 1. The number of carbonyl (C=O) groups excluding carboxylic acids is 1. The first-order valence-corrected chi connectivity index (χ1v) is 9.02. The van der Waals surface area contributed by atoms with Crippen molar-refractivity contribution in [2.75, 3.05) is 26.0 Å². The largest absolute Gasteiger partial charge is 0.479 e. The maximum atomic E-state index is 12.5. The molecule has 1 heterocycles. The summed E-state index contributed by atoms with van der Waals surface area (Å²) in [4.78, 5) is 24.9. The predicted molar refractivity (Wildman–Crippen MR) is 80.5 cm³/mol. The van der Waals surface area contributed by atoms with E-state index in [9.17, 15) is 18.0 Å². The van der Waals surface area contributed by atoms with Crippen LogP contribution in [0.4, 0.5) is 0 Å². The summed E-state index contributed by atoms with van der Waals surface area (Å²) in [6.07, 6.45) is -0.0192. The zero-order valence-electron chi connectivity index (χ0n) is 11.7. The molecule has 2 rings (SSSR count). The van der Waals surface area contributed by atoms with Gasteiger partial charge in [-0.3, -0.25) is 4.79 Å². The number of carboxylic acid groups (broad SMARTS) is 1. The van der Waals surface area contributed by atoms with Gasteiger partial charge < -0.3 is 14.7 Å². The molecule has 1 fully saturated rings. The molecule has 1 N–H and O–H groups in total. The maximum Gasteiger partial charge on any atom is 0.334 e. The fourth-order valence-electron chi connectivity index (χ4n) is 2.05. The zero-order chi connectivity index (χ0) is 16.5. The van der Waals surface area contributed by atoms with E-state index >= 15 is 0 Å². The lowest BCUT2D eigenvalue weighted by atomic mass is 10.1. The summed E-state index contributed by atoms with van der Waals surface area (Å²) in [6.45, 7) is 0.286. The fraction of sp³-hybridized carbons (Fsp3) is 0.385. The third-order valence-corrected chi connectivity index (χ3v) is 5.03. The van der Waals surface area contributed by atoms with Crippen molar-refractivity contribution in [2.45, 2.75) is 11.0 Å². The van der Waals surface area contributed by atoms with Gasteiger partial charge in [0.15, 0.2) is 15.9 Å². The summed E-state index contributed by atoms with van der Waals surface area (Å²) < 4.78 is 28.7. The number of hydrogen-bond donors (Lipinski definition) is 1. The van der Waals surface area contributed by atoms with Gasteiger partial charge in [-0.15, -0.1) is 0 Å². The quantitative estimate of drug-likeness (QED) is 0.816. The van der Waals surface area contributed by atoms with Crippen LogP contribution >= 0.6 is 15.9 Å². The molecule has 120 valence electrons. The van der Waals surface area contributed by atoms with Crippen LogP contribution < -0.4 is 0 Å². The molecular formula is C13H14BrNO6S. The lowest BCUT2D eigenvalue weighted by Crippen LogP contribution is -2.48. The minimum Gasteiger partial charge on any atom is -0.479 e. The molecule has 0 aromatic heterocycles. The number of carboxylic acids is 1. The summed E-state index contributed by atoms with van der Waals surface area (Å²) in [5, 5.41) is 8.96. The number of carbonyl (C=O) groups is 2. The molecule has 1 aromatic carbocycles. The number of sulfone groups is 1. The second kappa shape index (κ2) is 6.35. The van der Waals surface area contributed by atoms with Crippen LogP contribution in [0.15, 0.2) is 27.6 Å². The summed E-state index contributed by atoms with van der Waals surface area (Å²) in [5.74, 6) is -1.58. The molecule has 0 saturated carbocycles. The number of hydrogen-bond acceptors (Lipinski definition) is 5. The smallest absolute Gasteiger partial charge is 0.334 e. The molecule has 0 radical (unpaired) electrons. The van der Waals surface area contributed by atoms with Gasteiger partial charge in [-0.25, -0.2) is 13.2 Å². The Balaban J connectivity index is 2.31. The number of morpholine rings is 1. The molecule has 1 saturated heterocycles. The van der Waals surface area contributed by atoms with Crippen molar-refractivity contribution in [3.05, 3.63) is 28.2 Å². The highest BCUT2D eigenvalue weighted by atomic mass is 79.9. The van der Waals surface area contributed by atoms with Crippen LogP contribution in [0, 0.1) is 0 Å². The van der Waals surface area contributed by atoms with Crippen LogP contribution in [-0.2, 0) is 19.4 Å². The first-order chi connectivity index (χ1) is 10.2. The Bertz CT molecular complexity index is 717. The molecule has 0 bridgehead atoms. The van der Waals surface area contributed by atoms with E-state index in [0.717, 1.165) is 6.26 Å². The van der Waals surface area contributed by atoms with Crippen molar-refractivity contribution in [3.63, 3.8) is 0 Å². The molecule has 1 unspecified atom stereocenters. The van der Waals surface area contributed by atoms with E-state index in [-0.39, 0.29) is 30.2 Å². The van der Waals surface area contributed by atoms with Crippen LogP contribution in [0.25, 0.3) is 0 Å². The van der Waals surface area contributed by atoms with Crippen LogP contribution in [0.3, 0.4) is 0 Å². The minimum absolute atomic E-state index is 0.0297. The zero-order valence-corrected chi connectivity index (χ0v) is 14.1.